The van der Waals surface area contributed by atoms with E-state index in [-0.39, 0.29) is 17.9 Å². The Bertz CT molecular complexity index is 434. The smallest absolute Gasteiger partial charge is 0.228 e. The molecule has 3 nitrogen and oxygen atoms in total. The normalized spacial score (nSPS) is 19.7. The van der Waals surface area contributed by atoms with Crippen LogP contribution in [0.5, 0.6) is 0 Å². The van der Waals surface area contributed by atoms with Crippen molar-refractivity contribution in [2.75, 3.05) is 12.3 Å². The molecule has 1 aromatic rings. The fraction of sp³-hybridized carbons (Fsp3) is 0.500. The highest BCUT2D eigenvalue weighted by atomic mass is 32.2. The third kappa shape index (κ3) is 2.70. The average Bonchev–Trinajstić information content (AvgIpc) is 2.79. The van der Waals surface area contributed by atoms with Crippen LogP contribution in [0.3, 0.4) is 0 Å². The Morgan fingerprint density at radius 1 is 1.50 bits per heavy atom. The minimum absolute atomic E-state index is 0.0287. The van der Waals surface area contributed by atoms with E-state index in [1.54, 1.807) is 11.8 Å². The number of rotatable bonds is 4. The summed E-state index contributed by atoms with van der Waals surface area (Å²) in [7, 11) is 0. The van der Waals surface area contributed by atoms with Gasteiger partial charge in [-0.2, -0.15) is 0 Å². The van der Waals surface area contributed by atoms with Crippen molar-refractivity contribution in [3.05, 3.63) is 29.8 Å². The van der Waals surface area contributed by atoms with Gasteiger partial charge in [0.1, 0.15) is 0 Å². The third-order valence-electron chi connectivity index (χ3n) is 3.40. The number of nitrogens with one attached hydrogen (secondary N) is 1. The Morgan fingerprint density at radius 3 is 2.89 bits per heavy atom. The largest absolute Gasteiger partial charge is 0.351 e. The molecule has 1 aliphatic heterocycles. The lowest BCUT2D eigenvalue weighted by Crippen LogP contribution is -2.45. The number of amides is 1. The van der Waals surface area contributed by atoms with Gasteiger partial charge in [0.25, 0.3) is 0 Å². The third-order valence-corrected chi connectivity index (χ3v) is 4.59. The van der Waals surface area contributed by atoms with E-state index in [1.165, 1.54) is 4.90 Å². The highest BCUT2D eigenvalue weighted by Gasteiger charge is 2.30. The van der Waals surface area contributed by atoms with Crippen molar-refractivity contribution in [2.24, 2.45) is 11.7 Å². The summed E-state index contributed by atoms with van der Waals surface area (Å²) < 4.78 is 0. The maximum Gasteiger partial charge on any atom is 0.228 e. The van der Waals surface area contributed by atoms with Crippen LogP contribution >= 0.6 is 11.8 Å². The van der Waals surface area contributed by atoms with E-state index in [1.807, 2.05) is 18.2 Å². The molecule has 0 saturated heterocycles. The van der Waals surface area contributed by atoms with Gasteiger partial charge in [-0.25, -0.2) is 0 Å². The van der Waals surface area contributed by atoms with Crippen LogP contribution in [0.1, 0.15) is 25.3 Å². The first kappa shape index (κ1) is 13.4. The summed E-state index contributed by atoms with van der Waals surface area (Å²) in [5, 5.41) is 3.07. The maximum atomic E-state index is 12.3. The zero-order chi connectivity index (χ0) is 13.1. The molecule has 0 bridgehead atoms. The molecule has 0 fully saturated rings. The molecule has 0 radical (unpaired) electrons. The highest BCUT2D eigenvalue weighted by Crippen LogP contribution is 2.39. The summed E-state index contributed by atoms with van der Waals surface area (Å²) >= 11 is 1.76. The fourth-order valence-electron chi connectivity index (χ4n) is 2.16. The van der Waals surface area contributed by atoms with Crippen molar-refractivity contribution in [1.82, 2.24) is 5.32 Å². The summed E-state index contributed by atoms with van der Waals surface area (Å²) in [4.78, 5) is 13.5. The van der Waals surface area contributed by atoms with Crippen molar-refractivity contribution in [2.45, 2.75) is 30.7 Å². The first-order chi connectivity index (χ1) is 8.63. The molecule has 0 spiro atoms. The van der Waals surface area contributed by atoms with Crippen LogP contribution in [0.2, 0.25) is 0 Å². The number of hydrogen-bond donors (Lipinski definition) is 2. The number of hydrogen-bond acceptors (Lipinski definition) is 3. The molecule has 1 amide bonds. The number of carbonyl (C=O) groups excluding carboxylic acids is 1. The predicted octanol–water partition coefficient (Wildman–Crippen LogP) is 1.98. The van der Waals surface area contributed by atoms with Gasteiger partial charge in [0.2, 0.25) is 5.91 Å². The molecule has 1 aliphatic rings. The molecule has 0 aliphatic carbocycles. The van der Waals surface area contributed by atoms with E-state index in [0.717, 1.165) is 11.3 Å². The second kappa shape index (κ2) is 5.76. The number of carbonyl (C=O) groups is 1. The van der Waals surface area contributed by atoms with Gasteiger partial charge >= 0.3 is 0 Å². The highest BCUT2D eigenvalue weighted by molar-refractivity contribution is 7.99. The van der Waals surface area contributed by atoms with Crippen LogP contribution in [0.25, 0.3) is 0 Å². The molecular weight excluding hydrogens is 244 g/mol. The molecule has 0 aromatic heterocycles. The lowest BCUT2D eigenvalue weighted by Gasteiger charge is -2.22. The molecule has 1 aromatic carbocycles. The molecule has 2 unspecified atom stereocenters. The van der Waals surface area contributed by atoms with Crippen LogP contribution in [0, 0.1) is 5.92 Å². The minimum Gasteiger partial charge on any atom is -0.351 e. The lowest BCUT2D eigenvalue weighted by atomic mass is 9.98. The van der Waals surface area contributed by atoms with Gasteiger partial charge in [-0.3, -0.25) is 4.79 Å². The van der Waals surface area contributed by atoms with E-state index in [2.05, 4.69) is 25.2 Å². The Labute approximate surface area is 113 Å². The zero-order valence-corrected chi connectivity index (χ0v) is 11.7. The Kier molecular flexibility index (Phi) is 4.30. The summed E-state index contributed by atoms with van der Waals surface area (Å²) in [5.74, 6) is 1.28. The second-order valence-electron chi connectivity index (χ2n) is 5.00. The molecular formula is C14H20N2OS. The van der Waals surface area contributed by atoms with Crippen LogP contribution in [0.15, 0.2) is 29.2 Å². The number of benzene rings is 1. The van der Waals surface area contributed by atoms with E-state index >= 15 is 0 Å². The molecule has 18 heavy (non-hydrogen) atoms. The standard InChI is InChI=1S/C14H20N2OS/c1-9(2)12(7-15)16-14(17)11-8-18-13-6-4-3-5-10(11)13/h3-6,9,11-12H,7-8,15H2,1-2H3,(H,16,17). The predicted molar refractivity (Wildman–Crippen MR) is 75.7 cm³/mol. The van der Waals surface area contributed by atoms with E-state index in [9.17, 15) is 4.79 Å². The summed E-state index contributed by atoms with van der Waals surface area (Å²) in [6.07, 6.45) is 0. The van der Waals surface area contributed by atoms with Gasteiger partial charge in [-0.1, -0.05) is 32.0 Å². The Balaban J connectivity index is 2.07. The molecule has 1 heterocycles. The topological polar surface area (TPSA) is 55.1 Å². The number of thioether (sulfide) groups is 1. The van der Waals surface area contributed by atoms with Crippen LogP contribution in [-0.2, 0) is 4.79 Å². The Hall–Kier alpha value is -1.00. The minimum atomic E-state index is -0.0287. The van der Waals surface area contributed by atoms with Gasteiger partial charge in [0.05, 0.1) is 5.92 Å². The first-order valence-electron chi connectivity index (χ1n) is 6.35. The van der Waals surface area contributed by atoms with Crippen molar-refractivity contribution in [3.63, 3.8) is 0 Å². The van der Waals surface area contributed by atoms with Crippen LogP contribution < -0.4 is 11.1 Å². The lowest BCUT2D eigenvalue weighted by molar-refractivity contribution is -0.123. The first-order valence-corrected chi connectivity index (χ1v) is 7.34. The van der Waals surface area contributed by atoms with Crippen molar-refractivity contribution < 1.29 is 4.79 Å². The van der Waals surface area contributed by atoms with E-state index in [4.69, 9.17) is 5.73 Å². The zero-order valence-electron chi connectivity index (χ0n) is 10.8. The molecule has 98 valence electrons. The monoisotopic (exact) mass is 264 g/mol. The van der Waals surface area contributed by atoms with Crippen molar-refractivity contribution in [3.8, 4) is 0 Å². The SMILES string of the molecule is CC(C)C(CN)NC(=O)C1CSc2ccccc21. The van der Waals surface area contributed by atoms with E-state index in [0.29, 0.717) is 12.5 Å². The van der Waals surface area contributed by atoms with Crippen molar-refractivity contribution in [1.29, 1.82) is 0 Å². The number of fused-ring (bicyclic) bond motifs is 1. The Morgan fingerprint density at radius 2 is 2.22 bits per heavy atom. The summed E-state index contributed by atoms with van der Waals surface area (Å²) in [6.45, 7) is 4.65. The molecule has 0 saturated carbocycles. The van der Waals surface area contributed by atoms with E-state index < -0.39 is 0 Å². The van der Waals surface area contributed by atoms with Gasteiger partial charge in [0, 0.05) is 23.2 Å². The molecule has 2 rings (SSSR count). The maximum absolute atomic E-state index is 12.3. The molecule has 2 atom stereocenters. The second-order valence-corrected chi connectivity index (χ2v) is 6.06. The average molecular weight is 264 g/mol. The van der Waals surface area contributed by atoms with Gasteiger partial charge < -0.3 is 11.1 Å². The van der Waals surface area contributed by atoms with Crippen molar-refractivity contribution >= 4 is 17.7 Å². The fourth-order valence-corrected chi connectivity index (χ4v) is 3.39. The van der Waals surface area contributed by atoms with Gasteiger partial charge in [0.15, 0.2) is 0 Å². The number of nitrogens with two attached hydrogens (primary N) is 1. The summed E-state index contributed by atoms with van der Waals surface area (Å²) in [5.41, 5.74) is 6.85. The van der Waals surface area contributed by atoms with Crippen LogP contribution in [0.4, 0.5) is 0 Å². The molecule has 3 N–H and O–H groups in total. The van der Waals surface area contributed by atoms with Gasteiger partial charge in [-0.05, 0) is 17.5 Å². The summed E-state index contributed by atoms with van der Waals surface area (Å²) in [6, 6.07) is 8.20. The molecule has 4 heteroatoms. The van der Waals surface area contributed by atoms with Crippen LogP contribution in [-0.4, -0.2) is 24.2 Å². The van der Waals surface area contributed by atoms with Gasteiger partial charge in [-0.15, -0.1) is 11.8 Å². The quantitative estimate of drug-likeness (QED) is 0.874.